The lowest BCUT2D eigenvalue weighted by Crippen LogP contribution is -2.53. The first-order chi connectivity index (χ1) is 14.5. The number of hydrogen-bond acceptors (Lipinski definition) is 7. The van der Waals surface area contributed by atoms with Gasteiger partial charge in [-0.2, -0.15) is 5.26 Å². The minimum atomic E-state index is -0.445. The zero-order valence-electron chi connectivity index (χ0n) is 16.2. The number of amides is 2. The van der Waals surface area contributed by atoms with Crippen molar-refractivity contribution < 1.29 is 19.4 Å². The van der Waals surface area contributed by atoms with Gasteiger partial charge < -0.3 is 20.1 Å². The Morgan fingerprint density at radius 3 is 2.97 bits per heavy atom. The third-order valence-corrected chi connectivity index (χ3v) is 7.23. The number of nitriles is 1. The van der Waals surface area contributed by atoms with E-state index in [2.05, 4.69) is 11.4 Å². The number of aliphatic hydroxyl groups is 1. The molecule has 1 fully saturated rings. The van der Waals surface area contributed by atoms with E-state index in [0.29, 0.717) is 36.7 Å². The predicted molar refractivity (Wildman–Crippen MR) is 115 cm³/mol. The number of anilines is 1. The second-order valence-electron chi connectivity index (χ2n) is 7.40. The first-order valence-corrected chi connectivity index (χ1v) is 11.4. The fourth-order valence-electron chi connectivity index (χ4n) is 3.59. The number of fused-ring (bicyclic) bond motifs is 1. The molecule has 0 radical (unpaired) electrons. The summed E-state index contributed by atoms with van der Waals surface area (Å²) < 4.78 is 5.38. The van der Waals surface area contributed by atoms with Crippen LogP contribution < -0.4 is 5.32 Å². The lowest BCUT2D eigenvalue weighted by atomic mass is 9.88. The molecule has 2 aromatic heterocycles. The maximum absolute atomic E-state index is 12.3. The Kier molecular flexibility index (Phi) is 6.18. The van der Waals surface area contributed by atoms with Gasteiger partial charge in [0.1, 0.15) is 11.1 Å². The van der Waals surface area contributed by atoms with Gasteiger partial charge in [0.05, 0.1) is 31.4 Å². The number of aliphatic hydroxyl groups excluding tert-OH is 1. The fraction of sp³-hybridized carbons (Fsp3) is 0.381. The molecule has 1 saturated heterocycles. The smallest absolute Gasteiger partial charge is 0.409 e. The van der Waals surface area contributed by atoms with Crippen LogP contribution in [0.2, 0.25) is 0 Å². The molecule has 156 valence electrons. The molecule has 7 nitrogen and oxygen atoms in total. The average Bonchev–Trinajstić information content (AvgIpc) is 3.34. The number of nitrogens with zero attached hydrogens (tertiary/aromatic N) is 2. The molecular weight excluding hydrogens is 422 g/mol. The van der Waals surface area contributed by atoms with Gasteiger partial charge in [-0.25, -0.2) is 4.79 Å². The second-order valence-corrected chi connectivity index (χ2v) is 9.49. The Balaban J connectivity index is 1.36. The van der Waals surface area contributed by atoms with Gasteiger partial charge in [0, 0.05) is 15.8 Å². The van der Waals surface area contributed by atoms with E-state index in [0.717, 1.165) is 28.2 Å². The Morgan fingerprint density at radius 2 is 2.27 bits per heavy atom. The summed E-state index contributed by atoms with van der Waals surface area (Å²) in [6, 6.07) is 6.08. The van der Waals surface area contributed by atoms with Crippen LogP contribution in [-0.2, 0) is 22.4 Å². The van der Waals surface area contributed by atoms with E-state index in [1.54, 1.807) is 17.4 Å². The van der Waals surface area contributed by atoms with Crippen LogP contribution >= 0.6 is 22.7 Å². The molecule has 2 aromatic rings. The second kappa shape index (κ2) is 9.00. The number of β-amino-alcohol motifs (C(OH)–C–C–N with tert-alkyl or cyclic N) is 1. The molecule has 2 N–H and O–H groups in total. The van der Waals surface area contributed by atoms with Crippen LogP contribution in [0.4, 0.5) is 9.80 Å². The molecule has 1 atom stereocenters. The first kappa shape index (κ1) is 20.6. The van der Waals surface area contributed by atoms with Gasteiger partial charge in [-0.05, 0) is 48.3 Å². The molecule has 0 aromatic carbocycles. The number of likely N-dealkylation sites (tertiary alicyclic amines) is 1. The number of nitrogens with one attached hydrogen (secondary N) is 1. The van der Waals surface area contributed by atoms with Crippen LogP contribution in [0.25, 0.3) is 6.08 Å². The number of carbonyl (C=O) groups excluding carboxylic acids is 2. The third-order valence-electron chi connectivity index (χ3n) is 5.22. The molecule has 1 aliphatic carbocycles. The fourth-order valence-corrected chi connectivity index (χ4v) is 5.52. The summed E-state index contributed by atoms with van der Waals surface area (Å²) in [6.45, 7) is 0.970. The van der Waals surface area contributed by atoms with Gasteiger partial charge in [0.2, 0.25) is 5.91 Å². The van der Waals surface area contributed by atoms with E-state index in [-0.39, 0.29) is 17.9 Å². The molecule has 2 aliphatic rings. The maximum Gasteiger partial charge on any atom is 0.409 e. The lowest BCUT2D eigenvalue weighted by molar-refractivity contribution is -0.111. The van der Waals surface area contributed by atoms with Crippen LogP contribution in [0, 0.1) is 17.2 Å². The van der Waals surface area contributed by atoms with Crippen molar-refractivity contribution in [3.63, 3.8) is 0 Å². The summed E-state index contributed by atoms with van der Waals surface area (Å²) in [5, 5.41) is 24.3. The largest absolute Gasteiger partial charge is 0.449 e. The van der Waals surface area contributed by atoms with Crippen molar-refractivity contribution in [2.24, 2.45) is 5.92 Å². The predicted octanol–water partition coefficient (Wildman–Crippen LogP) is 3.25. The molecular formula is C21H21N3O4S2. The minimum absolute atomic E-state index is 0.181. The van der Waals surface area contributed by atoms with Gasteiger partial charge in [-0.3, -0.25) is 4.79 Å². The Hall–Kier alpha value is -2.67. The zero-order chi connectivity index (χ0) is 21.1. The van der Waals surface area contributed by atoms with Crippen molar-refractivity contribution in [3.05, 3.63) is 44.5 Å². The number of hydrogen-bond donors (Lipinski definition) is 2. The van der Waals surface area contributed by atoms with E-state index in [1.807, 2.05) is 17.5 Å². The van der Waals surface area contributed by atoms with Crippen LogP contribution in [0.5, 0.6) is 0 Å². The lowest BCUT2D eigenvalue weighted by Gasteiger charge is -2.35. The highest BCUT2D eigenvalue weighted by Gasteiger charge is 2.31. The van der Waals surface area contributed by atoms with E-state index < -0.39 is 6.10 Å². The highest BCUT2D eigenvalue weighted by Crippen LogP contribution is 2.39. The maximum atomic E-state index is 12.3. The standard InChI is InChI=1S/C21H21N3O4S2/c22-9-17-16-5-3-13(12-28-21(27)24-10-14(25)11-24)8-18(16)30-20(17)23-19(26)6-4-15-2-1-7-29-15/h1-2,4,6-7,13-14,25H,3,5,8,10-12H2,(H,23,26). The minimum Gasteiger partial charge on any atom is -0.449 e. The van der Waals surface area contributed by atoms with Crippen LogP contribution in [0.15, 0.2) is 23.6 Å². The van der Waals surface area contributed by atoms with Crippen LogP contribution in [0.1, 0.15) is 27.3 Å². The molecule has 30 heavy (non-hydrogen) atoms. The van der Waals surface area contributed by atoms with E-state index >= 15 is 0 Å². The highest BCUT2D eigenvalue weighted by atomic mass is 32.1. The van der Waals surface area contributed by atoms with E-state index in [1.165, 1.54) is 22.3 Å². The summed E-state index contributed by atoms with van der Waals surface area (Å²) in [4.78, 5) is 27.7. The molecule has 4 rings (SSSR count). The summed E-state index contributed by atoms with van der Waals surface area (Å²) in [7, 11) is 0. The molecule has 1 aliphatic heterocycles. The normalized spacial score (nSPS) is 18.5. The summed E-state index contributed by atoms with van der Waals surface area (Å²) in [5.74, 6) is -0.0826. The van der Waals surface area contributed by atoms with Gasteiger partial charge in [0.15, 0.2) is 0 Å². The third kappa shape index (κ3) is 4.56. The van der Waals surface area contributed by atoms with Crippen molar-refractivity contribution in [2.75, 3.05) is 25.0 Å². The monoisotopic (exact) mass is 443 g/mol. The number of carbonyl (C=O) groups is 2. The van der Waals surface area contributed by atoms with Gasteiger partial charge in [-0.15, -0.1) is 22.7 Å². The number of ether oxygens (including phenoxy) is 1. The van der Waals surface area contributed by atoms with E-state index in [4.69, 9.17) is 4.74 Å². The summed E-state index contributed by atoms with van der Waals surface area (Å²) in [6.07, 6.45) is 4.65. The zero-order valence-corrected chi connectivity index (χ0v) is 17.8. The first-order valence-electron chi connectivity index (χ1n) is 9.70. The summed E-state index contributed by atoms with van der Waals surface area (Å²) >= 11 is 2.98. The number of thiophene rings is 2. The van der Waals surface area contributed by atoms with Crippen molar-refractivity contribution in [1.82, 2.24) is 4.90 Å². The molecule has 0 saturated carbocycles. The van der Waals surface area contributed by atoms with Crippen LogP contribution in [-0.4, -0.2) is 47.8 Å². The van der Waals surface area contributed by atoms with Gasteiger partial charge >= 0.3 is 6.09 Å². The average molecular weight is 444 g/mol. The number of rotatable bonds is 5. The molecule has 0 spiro atoms. The Bertz CT molecular complexity index is 1000. The summed E-state index contributed by atoms with van der Waals surface area (Å²) in [5.41, 5.74) is 1.53. The quantitative estimate of drug-likeness (QED) is 0.691. The van der Waals surface area contributed by atoms with E-state index in [9.17, 15) is 20.0 Å². The Morgan fingerprint density at radius 1 is 1.43 bits per heavy atom. The van der Waals surface area contributed by atoms with Crippen molar-refractivity contribution >= 4 is 45.8 Å². The van der Waals surface area contributed by atoms with Crippen molar-refractivity contribution in [3.8, 4) is 6.07 Å². The molecule has 0 bridgehead atoms. The van der Waals surface area contributed by atoms with Crippen molar-refractivity contribution in [1.29, 1.82) is 5.26 Å². The highest BCUT2D eigenvalue weighted by molar-refractivity contribution is 7.16. The molecule has 9 heteroatoms. The van der Waals surface area contributed by atoms with Crippen molar-refractivity contribution in [2.45, 2.75) is 25.4 Å². The molecule has 2 amide bonds. The van der Waals surface area contributed by atoms with Gasteiger partial charge in [0.25, 0.3) is 0 Å². The van der Waals surface area contributed by atoms with Crippen LogP contribution in [0.3, 0.4) is 0 Å². The van der Waals surface area contributed by atoms with Gasteiger partial charge in [-0.1, -0.05) is 6.07 Å². The molecule has 3 heterocycles. The molecule has 1 unspecified atom stereocenters. The Labute approximate surface area is 182 Å². The topological polar surface area (TPSA) is 103 Å². The SMILES string of the molecule is N#Cc1c(NC(=O)C=Cc2cccs2)sc2c1CCC(COC(=O)N1CC(O)C1)C2.